The van der Waals surface area contributed by atoms with E-state index in [2.05, 4.69) is 29.2 Å². The lowest BCUT2D eigenvalue weighted by molar-refractivity contribution is -0.160. The molecule has 0 aliphatic heterocycles. The Labute approximate surface area is 462 Å². The summed E-state index contributed by atoms with van der Waals surface area (Å²) in [6, 6.07) is 35.5. The Kier molecular flexibility index (Phi) is 26.2. The van der Waals surface area contributed by atoms with E-state index in [-0.39, 0.29) is 60.4 Å². The van der Waals surface area contributed by atoms with Gasteiger partial charge in [0, 0.05) is 27.5 Å². The van der Waals surface area contributed by atoms with Crippen LogP contribution in [0.5, 0.6) is 0 Å². The summed E-state index contributed by atoms with van der Waals surface area (Å²) in [7, 11) is 0. The number of pyridine rings is 2. The lowest BCUT2D eigenvalue weighted by Gasteiger charge is -2.18. The van der Waals surface area contributed by atoms with Crippen molar-refractivity contribution in [1.29, 1.82) is 0 Å². The molecule has 7 aromatic rings. The molecule has 0 amide bonds. The molecule has 28 heteroatoms. The van der Waals surface area contributed by atoms with Crippen LogP contribution in [0.2, 0.25) is 0 Å². The minimum atomic E-state index is -5.00. The lowest BCUT2D eigenvalue weighted by Crippen LogP contribution is -2.42. The molecule has 15 nitrogen and oxygen atoms in total. The number of anilines is 1. The third-order valence-corrected chi connectivity index (χ3v) is 10.0. The first-order valence-electron chi connectivity index (χ1n) is 22.9. The van der Waals surface area contributed by atoms with Gasteiger partial charge < -0.3 is 35.0 Å². The summed E-state index contributed by atoms with van der Waals surface area (Å²) in [5, 5.41) is 7.30. The number of rotatable bonds is 10. The predicted octanol–water partition coefficient (Wildman–Crippen LogP) is 13.5. The number of nitrogens with two attached hydrogens (primary N) is 1. The van der Waals surface area contributed by atoms with Crippen molar-refractivity contribution < 1.29 is 91.2 Å². The number of aliphatic imine (C=N–C) groups is 2. The Morgan fingerprint density at radius 2 is 0.890 bits per heavy atom. The van der Waals surface area contributed by atoms with Crippen LogP contribution in [-0.4, -0.2) is 82.0 Å². The Hall–Kier alpha value is -9.01. The molecule has 2 heterocycles. The minimum Gasteiger partial charge on any atom is -0.477 e. The van der Waals surface area contributed by atoms with Crippen LogP contribution in [0.15, 0.2) is 159 Å². The molecular formula is C54H48ClF12N5O10. The van der Waals surface area contributed by atoms with Crippen LogP contribution in [0.1, 0.15) is 60.3 Å². The monoisotopic (exact) mass is 1190 g/mol. The fraction of sp³-hybridized carbons (Fsp3) is 0.222. The lowest BCUT2D eigenvalue weighted by atomic mass is 10.0. The van der Waals surface area contributed by atoms with Gasteiger partial charge in [-0.05, 0) is 81.4 Å². The Balaban J connectivity index is 0.000000362. The molecule has 5 N–H and O–H groups in total. The molecule has 440 valence electrons. The number of carboxylic acid groups (broad SMARTS) is 1. The first kappa shape index (κ1) is 69.1. The maximum Gasteiger partial charge on any atom is 0.444 e. The molecule has 0 bridgehead atoms. The second-order valence-corrected chi connectivity index (χ2v) is 15.8. The number of esters is 3. The van der Waals surface area contributed by atoms with Crippen molar-refractivity contribution in [2.75, 3.05) is 25.6 Å². The highest BCUT2D eigenvalue weighted by atomic mass is 35.5. The Morgan fingerprint density at radius 3 is 1.23 bits per heavy atom. The zero-order valence-corrected chi connectivity index (χ0v) is 42.7. The molecular weight excluding hydrogens is 1140 g/mol. The summed E-state index contributed by atoms with van der Waals surface area (Å²) in [5.74, 6) is -8.17. The van der Waals surface area contributed by atoms with Crippen molar-refractivity contribution in [2.45, 2.75) is 52.9 Å². The van der Waals surface area contributed by atoms with Crippen molar-refractivity contribution >= 4 is 85.2 Å². The van der Waals surface area contributed by atoms with Crippen molar-refractivity contribution in [3.05, 3.63) is 182 Å². The number of nitrogens with zero attached hydrogens (tertiary/aromatic N) is 2. The standard InChI is InChI=1S/C15H16F3NO4.C13H10F3NO3.C11H6F3NO3.C8H5ClF3N.C6H7N.CH4/c1-3-22-13(20)11(14(21)23-4-2)12(15(16,17)18)19-10-8-6-5-7-9-10;1-2-20-12(19)9-10(18)7-5-3-4-6-8(7)17-11(9)13(14,15)16;12-11(13,14)9-7(10(17)18)8(16)5-3-1-2-4-6(5)15-9;9-7(8(10,11)12)13-6-4-2-1-3-5-6;7-6-4-2-1-3-5-6;/h5-9,11H,3-4H2,1-2H3;3-6H,2H2,1H3,(H,17,18);1-4H,(H,15,16)(H,17,18);1-5H;1-5H,7H2;1H4. The maximum atomic E-state index is 13.3. The predicted molar refractivity (Wildman–Crippen MR) is 281 cm³/mol. The van der Waals surface area contributed by atoms with Crippen LogP contribution in [-0.2, 0) is 36.2 Å². The van der Waals surface area contributed by atoms with Crippen LogP contribution in [0.25, 0.3) is 21.8 Å². The molecule has 0 radical (unpaired) electrons. The van der Waals surface area contributed by atoms with E-state index >= 15 is 0 Å². The molecule has 0 spiro atoms. The van der Waals surface area contributed by atoms with Crippen LogP contribution < -0.4 is 16.6 Å². The molecule has 0 aliphatic carbocycles. The summed E-state index contributed by atoms with van der Waals surface area (Å²) >= 11 is 4.92. The number of hydrogen-bond acceptors (Lipinski definition) is 12. The Bertz CT molecular complexity index is 3410. The van der Waals surface area contributed by atoms with Gasteiger partial charge in [-0.25, -0.2) is 19.6 Å². The van der Waals surface area contributed by atoms with Crippen LogP contribution in [0.3, 0.4) is 0 Å². The highest BCUT2D eigenvalue weighted by Gasteiger charge is 2.49. The van der Waals surface area contributed by atoms with Crippen LogP contribution >= 0.6 is 11.6 Å². The first-order chi connectivity index (χ1) is 37.9. The topological polar surface area (TPSA) is 233 Å². The smallest absolute Gasteiger partial charge is 0.444 e. The van der Waals surface area contributed by atoms with Gasteiger partial charge in [0.2, 0.25) is 21.9 Å². The molecule has 0 saturated heterocycles. The number of ether oxygens (including phenoxy) is 3. The first-order valence-corrected chi connectivity index (χ1v) is 23.3. The number of fused-ring (bicyclic) bond motifs is 2. The van der Waals surface area contributed by atoms with Gasteiger partial charge in [0.1, 0.15) is 28.2 Å². The summed E-state index contributed by atoms with van der Waals surface area (Å²) in [6.45, 7) is 3.81. The van der Waals surface area contributed by atoms with E-state index in [4.69, 9.17) is 22.4 Å². The molecule has 0 atom stereocenters. The Morgan fingerprint density at radius 1 is 0.537 bits per heavy atom. The normalized spacial score (nSPS) is 11.6. The number of halogens is 13. The number of hydrogen-bond donors (Lipinski definition) is 4. The fourth-order valence-corrected chi connectivity index (χ4v) is 6.43. The largest absolute Gasteiger partial charge is 0.477 e. The average Bonchev–Trinajstić information content (AvgIpc) is 3.51. The highest BCUT2D eigenvalue weighted by molar-refractivity contribution is 6.67. The van der Waals surface area contributed by atoms with Gasteiger partial charge in [-0.3, -0.25) is 19.2 Å². The molecule has 82 heavy (non-hydrogen) atoms. The van der Waals surface area contributed by atoms with E-state index in [1.165, 1.54) is 106 Å². The van der Waals surface area contributed by atoms with Crippen LogP contribution in [0.4, 0.5) is 69.7 Å². The number of carbonyl (C=O) groups excluding carboxylic acids is 3. The molecule has 2 aromatic heterocycles. The third kappa shape index (κ3) is 20.6. The average molecular weight is 1190 g/mol. The molecule has 5 aromatic carbocycles. The quantitative estimate of drug-likeness (QED) is 0.0251. The minimum absolute atomic E-state index is 0. The number of H-pyrrole nitrogens is 2. The van der Waals surface area contributed by atoms with E-state index in [9.17, 15) is 81.5 Å². The van der Waals surface area contributed by atoms with E-state index < -0.39 is 98.8 Å². The number of aromatic nitrogens is 2. The summed E-state index contributed by atoms with van der Waals surface area (Å²) < 4.78 is 166. The number of para-hydroxylation sites is 5. The second kappa shape index (κ2) is 31.1. The van der Waals surface area contributed by atoms with Crippen molar-refractivity contribution in [3.63, 3.8) is 0 Å². The van der Waals surface area contributed by atoms with Gasteiger partial charge in [-0.2, -0.15) is 52.7 Å². The number of benzene rings is 5. The number of alkyl halides is 12. The van der Waals surface area contributed by atoms with E-state index in [1.807, 2.05) is 35.3 Å². The van der Waals surface area contributed by atoms with Gasteiger partial charge in [0.25, 0.3) is 0 Å². The molecule has 0 aliphatic rings. The van der Waals surface area contributed by atoms with Crippen molar-refractivity contribution in [1.82, 2.24) is 9.97 Å². The zero-order chi connectivity index (χ0) is 60.9. The summed E-state index contributed by atoms with van der Waals surface area (Å²) in [4.78, 5) is 80.6. The fourth-order valence-electron chi connectivity index (χ4n) is 6.33. The SMILES string of the molecule is C.CCOC(=O)C(C(=O)OCC)C(=Nc1ccccc1)C(F)(F)F.CCOC(=O)c1c(C(F)(F)F)[nH]c2ccccc2c1=O.FC(F)(F)C(Cl)=Nc1ccccc1.Nc1ccccc1.O=C(O)c1c(C(F)(F)F)[nH]c2ccccc2c1=O. The number of aromatic carboxylic acids is 1. The summed E-state index contributed by atoms with van der Waals surface area (Å²) in [5.41, 5.74) is -2.67. The highest BCUT2D eigenvalue weighted by Crippen LogP contribution is 2.33. The number of nitrogens with one attached hydrogen (secondary N) is 2. The van der Waals surface area contributed by atoms with Gasteiger partial charge in [-0.15, -0.1) is 0 Å². The molecule has 0 unspecified atom stereocenters. The molecule has 7 rings (SSSR count). The van der Waals surface area contributed by atoms with Crippen molar-refractivity contribution in [2.24, 2.45) is 15.9 Å². The third-order valence-electron chi connectivity index (χ3n) is 9.71. The van der Waals surface area contributed by atoms with Crippen LogP contribution in [0, 0.1) is 5.92 Å². The van der Waals surface area contributed by atoms with E-state index in [0.29, 0.717) is 0 Å². The number of carboxylic acids is 1. The summed E-state index contributed by atoms with van der Waals surface area (Å²) in [6.07, 6.45) is -19.4. The number of nitrogen functional groups attached to an aromatic ring is 1. The van der Waals surface area contributed by atoms with Gasteiger partial charge in [0.05, 0.1) is 31.2 Å². The van der Waals surface area contributed by atoms with Crippen molar-refractivity contribution in [3.8, 4) is 0 Å². The molecule has 0 saturated carbocycles. The number of aromatic amines is 2. The zero-order valence-electron chi connectivity index (χ0n) is 42.0. The van der Waals surface area contributed by atoms with Gasteiger partial charge >= 0.3 is 48.6 Å². The van der Waals surface area contributed by atoms with E-state index in [0.717, 1.165) is 5.69 Å². The molecule has 0 fully saturated rings. The van der Waals surface area contributed by atoms with E-state index in [1.54, 1.807) is 24.3 Å². The van der Waals surface area contributed by atoms with Gasteiger partial charge in [-0.1, -0.05) is 97.9 Å². The second-order valence-electron chi connectivity index (χ2n) is 15.4. The maximum absolute atomic E-state index is 13.3. The van der Waals surface area contributed by atoms with Gasteiger partial charge in [0.15, 0.2) is 0 Å². The number of carbonyl (C=O) groups is 4.